The molecule has 0 atom stereocenters. The number of hydrogen-bond acceptors (Lipinski definition) is 6. The zero-order chi connectivity index (χ0) is 23.2. The number of benzene rings is 1. The molecule has 0 radical (unpaired) electrons. The quantitative estimate of drug-likeness (QED) is 0.176. The molecule has 0 bridgehead atoms. The molecular formula is C25H28N4O3S. The highest BCUT2D eigenvalue weighted by Gasteiger charge is 2.20. The number of nitrogens with zero attached hydrogens (tertiary/aromatic N) is 4. The Kier molecular flexibility index (Phi) is 7.47. The van der Waals surface area contributed by atoms with Crippen LogP contribution in [-0.2, 0) is 17.8 Å². The zero-order valence-corrected chi connectivity index (χ0v) is 20.0. The number of methoxy groups -OCH3 is 1. The van der Waals surface area contributed by atoms with E-state index in [0.717, 1.165) is 35.5 Å². The van der Waals surface area contributed by atoms with Crippen molar-refractivity contribution in [3.05, 3.63) is 77.3 Å². The van der Waals surface area contributed by atoms with Crippen molar-refractivity contribution >= 4 is 17.5 Å². The average Bonchev–Trinajstić information content (AvgIpc) is 3.54. The van der Waals surface area contributed by atoms with Gasteiger partial charge in [0.1, 0.15) is 0 Å². The second-order valence-electron chi connectivity index (χ2n) is 7.85. The van der Waals surface area contributed by atoms with Crippen molar-refractivity contribution in [2.24, 2.45) is 0 Å². The van der Waals surface area contributed by atoms with Crippen LogP contribution in [0.1, 0.15) is 33.7 Å². The summed E-state index contributed by atoms with van der Waals surface area (Å²) in [6.07, 6.45) is 2.53. The summed E-state index contributed by atoms with van der Waals surface area (Å²) in [5.41, 5.74) is 3.97. The largest absolute Gasteiger partial charge is 0.461 e. The van der Waals surface area contributed by atoms with Crippen molar-refractivity contribution in [2.75, 3.05) is 19.5 Å². The fraction of sp³-hybridized carbons (Fsp3) is 0.320. The minimum Gasteiger partial charge on any atom is -0.461 e. The first-order chi connectivity index (χ1) is 16.1. The third-order valence-corrected chi connectivity index (χ3v) is 6.55. The molecule has 7 nitrogen and oxygen atoms in total. The maximum atomic E-state index is 13.1. The van der Waals surface area contributed by atoms with Crippen molar-refractivity contribution in [1.82, 2.24) is 19.3 Å². The molecule has 4 aromatic rings. The van der Waals surface area contributed by atoms with Crippen LogP contribution in [0.5, 0.6) is 0 Å². The lowest BCUT2D eigenvalue weighted by Gasteiger charge is -2.10. The molecule has 0 spiro atoms. The number of aromatic nitrogens is 4. The fourth-order valence-electron chi connectivity index (χ4n) is 3.89. The third-order valence-electron chi connectivity index (χ3n) is 5.58. The van der Waals surface area contributed by atoms with Crippen molar-refractivity contribution < 1.29 is 13.9 Å². The Morgan fingerprint density at radius 2 is 1.91 bits per heavy atom. The monoisotopic (exact) mass is 464 g/mol. The van der Waals surface area contributed by atoms with Gasteiger partial charge in [-0.15, -0.1) is 10.2 Å². The Morgan fingerprint density at radius 3 is 2.64 bits per heavy atom. The van der Waals surface area contributed by atoms with Crippen LogP contribution in [0.3, 0.4) is 0 Å². The van der Waals surface area contributed by atoms with Gasteiger partial charge in [0.25, 0.3) is 0 Å². The third kappa shape index (κ3) is 5.29. The molecule has 172 valence electrons. The predicted octanol–water partition coefficient (Wildman–Crippen LogP) is 5.02. The average molecular weight is 465 g/mol. The Hall–Kier alpha value is -3.10. The van der Waals surface area contributed by atoms with Gasteiger partial charge in [-0.3, -0.25) is 9.36 Å². The van der Waals surface area contributed by atoms with Gasteiger partial charge in [0.15, 0.2) is 16.7 Å². The molecule has 1 aromatic carbocycles. The summed E-state index contributed by atoms with van der Waals surface area (Å²) in [4.78, 5) is 13.1. The molecule has 0 saturated heterocycles. The van der Waals surface area contributed by atoms with Crippen LogP contribution in [0.25, 0.3) is 11.6 Å². The van der Waals surface area contributed by atoms with Gasteiger partial charge in [0, 0.05) is 37.2 Å². The zero-order valence-electron chi connectivity index (χ0n) is 19.2. The molecule has 33 heavy (non-hydrogen) atoms. The molecule has 0 fully saturated rings. The number of carbonyl (C=O) groups is 1. The summed E-state index contributed by atoms with van der Waals surface area (Å²) in [6.45, 7) is 6.17. The van der Waals surface area contributed by atoms with Gasteiger partial charge < -0.3 is 13.7 Å². The van der Waals surface area contributed by atoms with E-state index in [2.05, 4.69) is 26.9 Å². The maximum absolute atomic E-state index is 13.1. The van der Waals surface area contributed by atoms with Crippen molar-refractivity contribution in [3.63, 3.8) is 0 Å². The molecule has 8 heteroatoms. The molecule has 0 N–H and O–H groups in total. The Morgan fingerprint density at radius 1 is 1.09 bits per heavy atom. The van der Waals surface area contributed by atoms with E-state index in [-0.39, 0.29) is 11.5 Å². The Bertz CT molecular complexity index is 1200. The van der Waals surface area contributed by atoms with Gasteiger partial charge in [0.2, 0.25) is 5.82 Å². The number of rotatable bonds is 11. The molecule has 0 amide bonds. The van der Waals surface area contributed by atoms with Crippen LogP contribution >= 0.6 is 11.8 Å². The summed E-state index contributed by atoms with van der Waals surface area (Å²) < 4.78 is 14.9. The van der Waals surface area contributed by atoms with E-state index in [0.29, 0.717) is 29.9 Å². The van der Waals surface area contributed by atoms with Gasteiger partial charge in [0.05, 0.1) is 18.6 Å². The van der Waals surface area contributed by atoms with Gasteiger partial charge in [-0.25, -0.2) is 0 Å². The van der Waals surface area contributed by atoms with Crippen LogP contribution in [-0.4, -0.2) is 44.6 Å². The molecule has 0 aliphatic carbocycles. The molecule has 0 aliphatic heterocycles. The van der Waals surface area contributed by atoms with Gasteiger partial charge in [-0.1, -0.05) is 42.1 Å². The summed E-state index contributed by atoms with van der Waals surface area (Å²) in [5.74, 6) is 1.67. The van der Waals surface area contributed by atoms with Crippen LogP contribution in [0.4, 0.5) is 0 Å². The van der Waals surface area contributed by atoms with E-state index in [9.17, 15) is 4.79 Å². The number of hydrogen-bond donors (Lipinski definition) is 0. The SMILES string of the molecule is COCCCn1c(C)cc(C(=O)CSc2nnc(-c3ccco3)n2Cc2ccccc2)c1C. The highest BCUT2D eigenvalue weighted by Crippen LogP contribution is 2.27. The highest BCUT2D eigenvalue weighted by molar-refractivity contribution is 7.99. The van der Waals surface area contributed by atoms with E-state index in [1.165, 1.54) is 11.8 Å². The van der Waals surface area contributed by atoms with E-state index in [1.807, 2.05) is 54.8 Å². The summed E-state index contributed by atoms with van der Waals surface area (Å²) in [5, 5.41) is 9.42. The van der Waals surface area contributed by atoms with Crippen LogP contribution in [0.2, 0.25) is 0 Å². The Labute approximate surface area is 197 Å². The molecular weight excluding hydrogens is 436 g/mol. The molecule has 3 aromatic heterocycles. The smallest absolute Gasteiger partial charge is 0.200 e. The lowest BCUT2D eigenvalue weighted by Crippen LogP contribution is -2.09. The van der Waals surface area contributed by atoms with Gasteiger partial charge in [-0.2, -0.15) is 0 Å². The number of ketones is 1. The lowest BCUT2D eigenvalue weighted by molar-refractivity contribution is 0.102. The second-order valence-corrected chi connectivity index (χ2v) is 8.79. The lowest BCUT2D eigenvalue weighted by atomic mass is 10.2. The van der Waals surface area contributed by atoms with Crippen molar-refractivity contribution in [3.8, 4) is 11.6 Å². The number of furan rings is 1. The molecule has 0 saturated carbocycles. The van der Waals surface area contributed by atoms with Crippen LogP contribution in [0, 0.1) is 13.8 Å². The first-order valence-corrected chi connectivity index (χ1v) is 11.9. The number of ether oxygens (including phenoxy) is 1. The van der Waals surface area contributed by atoms with Crippen molar-refractivity contribution in [2.45, 2.75) is 38.5 Å². The van der Waals surface area contributed by atoms with Gasteiger partial charge in [-0.05, 0) is 44.0 Å². The molecule has 0 unspecified atom stereocenters. The maximum Gasteiger partial charge on any atom is 0.200 e. The second kappa shape index (κ2) is 10.7. The number of Topliss-reactive ketones (excluding diaryl/α,β-unsaturated/α-hetero) is 1. The van der Waals surface area contributed by atoms with Crippen LogP contribution < -0.4 is 0 Å². The first kappa shape index (κ1) is 23.1. The topological polar surface area (TPSA) is 75.1 Å². The fourth-order valence-corrected chi connectivity index (χ4v) is 4.72. The number of carbonyl (C=O) groups excluding carboxylic acids is 1. The minimum absolute atomic E-state index is 0.0832. The minimum atomic E-state index is 0.0832. The molecule has 3 heterocycles. The predicted molar refractivity (Wildman–Crippen MR) is 129 cm³/mol. The summed E-state index contributed by atoms with van der Waals surface area (Å²) in [7, 11) is 1.70. The van der Waals surface area contributed by atoms with E-state index >= 15 is 0 Å². The molecule has 4 rings (SSSR count). The highest BCUT2D eigenvalue weighted by atomic mass is 32.2. The molecule has 0 aliphatic rings. The van der Waals surface area contributed by atoms with E-state index in [1.54, 1.807) is 13.4 Å². The normalized spacial score (nSPS) is 11.2. The van der Waals surface area contributed by atoms with E-state index < -0.39 is 0 Å². The van der Waals surface area contributed by atoms with E-state index in [4.69, 9.17) is 9.15 Å². The van der Waals surface area contributed by atoms with Crippen LogP contribution in [0.15, 0.2) is 64.4 Å². The number of thioether (sulfide) groups is 1. The standard InChI is InChI=1S/C25H28N4O3S/c1-18-15-21(19(2)28(18)12-8-13-31-3)22(30)17-33-25-27-26-24(23-11-7-14-32-23)29(25)16-20-9-5-4-6-10-20/h4-7,9-11,14-15H,8,12-13,16-17H2,1-3H3. The first-order valence-electron chi connectivity index (χ1n) is 10.9. The number of aryl methyl sites for hydroxylation is 1. The summed E-state index contributed by atoms with van der Waals surface area (Å²) >= 11 is 1.40. The van der Waals surface area contributed by atoms with Crippen molar-refractivity contribution in [1.29, 1.82) is 0 Å². The Balaban J connectivity index is 1.53. The summed E-state index contributed by atoms with van der Waals surface area (Å²) in [6, 6.07) is 15.8. The van der Waals surface area contributed by atoms with Gasteiger partial charge >= 0.3 is 0 Å².